The highest BCUT2D eigenvalue weighted by molar-refractivity contribution is 6.33. The Morgan fingerprint density at radius 3 is 2.76 bits per heavy atom. The molecule has 2 heterocycles. The fourth-order valence-electron chi connectivity index (χ4n) is 4.15. The van der Waals surface area contributed by atoms with Crippen molar-refractivity contribution in [3.05, 3.63) is 59.3 Å². The lowest BCUT2D eigenvalue weighted by Gasteiger charge is -2.29. The van der Waals surface area contributed by atoms with Crippen molar-refractivity contribution in [2.45, 2.75) is 6.92 Å². The zero-order valence-corrected chi connectivity index (χ0v) is 22.5. The van der Waals surface area contributed by atoms with Crippen LogP contribution in [-0.2, 0) is 9.53 Å². The molecule has 1 saturated heterocycles. The number of nitrogens with one attached hydrogen (secondary N) is 2. The molecule has 2 aromatic carbocycles. The molecule has 0 atom stereocenters. The van der Waals surface area contributed by atoms with Gasteiger partial charge in [-0.1, -0.05) is 17.7 Å². The number of nitriles is 1. The molecule has 0 saturated carbocycles. The number of anilines is 4. The molecule has 1 aliphatic rings. The summed E-state index contributed by atoms with van der Waals surface area (Å²) in [7, 11) is 3.85. The Morgan fingerprint density at radius 1 is 1.29 bits per heavy atom. The van der Waals surface area contributed by atoms with Gasteiger partial charge in [-0.05, 0) is 45.3 Å². The Kier molecular flexibility index (Phi) is 9.02. The number of ether oxygens (including phenoxy) is 2. The van der Waals surface area contributed by atoms with Crippen molar-refractivity contribution in [2.75, 3.05) is 69.1 Å². The maximum Gasteiger partial charge on any atom is 0.248 e. The summed E-state index contributed by atoms with van der Waals surface area (Å²) in [6.07, 6.45) is 4.79. The van der Waals surface area contributed by atoms with Gasteiger partial charge < -0.3 is 29.9 Å². The first-order chi connectivity index (χ1) is 18.4. The third-order valence-corrected chi connectivity index (χ3v) is 6.26. The van der Waals surface area contributed by atoms with Gasteiger partial charge in [0, 0.05) is 49.0 Å². The summed E-state index contributed by atoms with van der Waals surface area (Å²) in [5, 5.41) is 17.4. The van der Waals surface area contributed by atoms with E-state index in [1.54, 1.807) is 18.2 Å². The number of fused-ring (bicyclic) bond motifs is 1. The van der Waals surface area contributed by atoms with Gasteiger partial charge in [-0.2, -0.15) is 5.26 Å². The second-order valence-electron chi connectivity index (χ2n) is 9.00. The summed E-state index contributed by atoms with van der Waals surface area (Å²) < 4.78 is 11.2. The molecule has 10 heteroatoms. The average molecular weight is 535 g/mol. The second-order valence-corrected chi connectivity index (χ2v) is 9.41. The van der Waals surface area contributed by atoms with Crippen LogP contribution in [0.2, 0.25) is 5.02 Å². The minimum atomic E-state index is -0.281. The topological polar surface area (TPSA) is 103 Å². The zero-order chi connectivity index (χ0) is 27.1. The Hall–Kier alpha value is -3.84. The highest BCUT2D eigenvalue weighted by Gasteiger charge is 2.17. The Labute approximate surface area is 227 Å². The molecular weight excluding hydrogens is 504 g/mol. The standard InChI is InChI=1S/C28H31ClN6O3/c1-4-38-26-16-23-21(15-24(26)33-27(36)6-5-9-34(2)3)28(19(17-30)18-31-23)32-20-7-8-25(22(29)14-20)35-10-12-37-13-11-35/h5-8,14-16,18H,4,9-13H2,1-3H3,(H,31,32)(H,33,36)/b6-5+. The van der Waals surface area contributed by atoms with Gasteiger partial charge in [-0.3, -0.25) is 9.78 Å². The Balaban J connectivity index is 1.70. The highest BCUT2D eigenvalue weighted by Crippen LogP contribution is 2.37. The van der Waals surface area contributed by atoms with Crippen LogP contribution in [0.3, 0.4) is 0 Å². The molecule has 9 nitrogen and oxygen atoms in total. The molecule has 0 aliphatic carbocycles. The van der Waals surface area contributed by atoms with Crippen molar-refractivity contribution in [1.82, 2.24) is 9.88 Å². The van der Waals surface area contributed by atoms with E-state index in [4.69, 9.17) is 21.1 Å². The largest absolute Gasteiger partial charge is 0.492 e. The van der Waals surface area contributed by atoms with Crippen molar-refractivity contribution < 1.29 is 14.3 Å². The van der Waals surface area contributed by atoms with Crippen molar-refractivity contribution >= 4 is 51.2 Å². The van der Waals surface area contributed by atoms with Gasteiger partial charge in [-0.15, -0.1) is 0 Å². The molecule has 38 heavy (non-hydrogen) atoms. The molecule has 198 valence electrons. The minimum absolute atomic E-state index is 0.281. The van der Waals surface area contributed by atoms with E-state index in [2.05, 4.69) is 26.6 Å². The van der Waals surface area contributed by atoms with Crippen LogP contribution in [0.4, 0.5) is 22.7 Å². The number of benzene rings is 2. The smallest absolute Gasteiger partial charge is 0.248 e. The molecule has 1 amide bonds. The van der Waals surface area contributed by atoms with Gasteiger partial charge in [-0.25, -0.2) is 0 Å². The van der Waals surface area contributed by atoms with E-state index in [1.165, 1.54) is 12.3 Å². The van der Waals surface area contributed by atoms with Gasteiger partial charge in [0.25, 0.3) is 0 Å². The van der Waals surface area contributed by atoms with Crippen LogP contribution >= 0.6 is 11.6 Å². The van der Waals surface area contributed by atoms with Crippen LogP contribution in [0.15, 0.2) is 48.7 Å². The van der Waals surface area contributed by atoms with E-state index in [0.29, 0.717) is 65.0 Å². The van der Waals surface area contributed by atoms with Gasteiger partial charge in [0.15, 0.2) is 0 Å². The lowest BCUT2D eigenvalue weighted by atomic mass is 10.1. The number of carbonyl (C=O) groups is 1. The maximum atomic E-state index is 12.6. The summed E-state index contributed by atoms with van der Waals surface area (Å²) in [5.41, 5.74) is 3.69. The molecule has 0 radical (unpaired) electrons. The number of rotatable bonds is 9. The number of carbonyl (C=O) groups excluding carboxylic acids is 1. The van der Waals surface area contributed by atoms with Gasteiger partial charge in [0.05, 0.1) is 53.0 Å². The summed E-state index contributed by atoms with van der Waals surface area (Å²) in [6, 6.07) is 11.5. The lowest BCUT2D eigenvalue weighted by Crippen LogP contribution is -2.36. The van der Waals surface area contributed by atoms with Crippen molar-refractivity contribution in [3.63, 3.8) is 0 Å². The predicted octanol–water partition coefficient (Wildman–Crippen LogP) is 4.80. The number of halogens is 1. The molecule has 3 aromatic rings. The van der Waals surface area contributed by atoms with Crippen LogP contribution in [0.5, 0.6) is 5.75 Å². The van der Waals surface area contributed by atoms with Crippen LogP contribution in [-0.4, -0.2) is 69.3 Å². The first-order valence-corrected chi connectivity index (χ1v) is 12.8. The fraction of sp³-hybridized carbons (Fsp3) is 0.321. The Bertz CT molecular complexity index is 1380. The fourth-order valence-corrected chi connectivity index (χ4v) is 4.45. The monoisotopic (exact) mass is 534 g/mol. The van der Waals surface area contributed by atoms with Crippen LogP contribution in [0, 0.1) is 11.3 Å². The Morgan fingerprint density at radius 2 is 2.08 bits per heavy atom. The first-order valence-electron chi connectivity index (χ1n) is 12.4. The molecule has 0 spiro atoms. The summed E-state index contributed by atoms with van der Waals surface area (Å²) in [4.78, 5) is 21.2. The maximum absolute atomic E-state index is 12.6. The van der Waals surface area contributed by atoms with Crippen molar-refractivity contribution in [2.24, 2.45) is 0 Å². The number of pyridine rings is 1. The van der Waals surface area contributed by atoms with Gasteiger partial charge in [0.1, 0.15) is 11.8 Å². The SMILES string of the molecule is CCOc1cc2ncc(C#N)c(Nc3ccc(N4CCOCC4)c(Cl)c3)c2cc1NC(=O)/C=C/CN(C)C. The number of hydrogen-bond acceptors (Lipinski definition) is 8. The molecule has 2 N–H and O–H groups in total. The van der Waals surface area contributed by atoms with Crippen molar-refractivity contribution in [1.29, 1.82) is 5.26 Å². The molecule has 1 aliphatic heterocycles. The third kappa shape index (κ3) is 6.53. The van der Waals surface area contributed by atoms with E-state index >= 15 is 0 Å². The second kappa shape index (κ2) is 12.6. The summed E-state index contributed by atoms with van der Waals surface area (Å²) >= 11 is 6.65. The summed E-state index contributed by atoms with van der Waals surface area (Å²) in [5.74, 6) is 0.215. The molecule has 0 bridgehead atoms. The molecule has 4 rings (SSSR count). The average Bonchev–Trinajstić information content (AvgIpc) is 2.90. The van der Waals surface area contributed by atoms with Gasteiger partial charge >= 0.3 is 0 Å². The number of hydrogen-bond donors (Lipinski definition) is 2. The van der Waals surface area contributed by atoms with E-state index < -0.39 is 0 Å². The number of aromatic nitrogens is 1. The van der Waals surface area contributed by atoms with E-state index in [0.717, 1.165) is 24.5 Å². The zero-order valence-electron chi connectivity index (χ0n) is 21.8. The number of nitrogens with zero attached hydrogens (tertiary/aromatic N) is 4. The van der Waals surface area contributed by atoms with Crippen LogP contribution in [0.1, 0.15) is 12.5 Å². The highest BCUT2D eigenvalue weighted by atomic mass is 35.5. The van der Waals surface area contributed by atoms with Crippen LogP contribution in [0.25, 0.3) is 10.9 Å². The number of likely N-dealkylation sites (N-methyl/N-ethyl adjacent to an activating group) is 1. The van der Waals surface area contributed by atoms with E-state index in [9.17, 15) is 10.1 Å². The molecular formula is C28H31ClN6O3. The summed E-state index contributed by atoms with van der Waals surface area (Å²) in [6.45, 7) is 5.82. The normalized spacial score (nSPS) is 13.6. The van der Waals surface area contributed by atoms with Crippen LogP contribution < -0.4 is 20.3 Å². The molecule has 1 aromatic heterocycles. The predicted molar refractivity (Wildman–Crippen MR) is 152 cm³/mol. The lowest BCUT2D eigenvalue weighted by molar-refractivity contribution is -0.111. The number of morpholine rings is 1. The number of amides is 1. The third-order valence-electron chi connectivity index (χ3n) is 5.96. The minimum Gasteiger partial charge on any atom is -0.492 e. The molecule has 0 unspecified atom stereocenters. The quantitative estimate of drug-likeness (QED) is 0.378. The van der Waals surface area contributed by atoms with E-state index in [-0.39, 0.29) is 5.91 Å². The molecule has 1 fully saturated rings. The van der Waals surface area contributed by atoms with E-state index in [1.807, 2.05) is 44.1 Å². The van der Waals surface area contributed by atoms with Gasteiger partial charge in [0.2, 0.25) is 5.91 Å². The van der Waals surface area contributed by atoms with Crippen molar-refractivity contribution in [3.8, 4) is 11.8 Å². The first kappa shape index (κ1) is 27.2.